The van der Waals surface area contributed by atoms with Gasteiger partial charge in [0.1, 0.15) is 11.2 Å². The molecule has 2 aromatic heterocycles. The molecule has 0 unspecified atom stereocenters. The summed E-state index contributed by atoms with van der Waals surface area (Å²) in [5, 5.41) is 9.00. The predicted octanol–water partition coefficient (Wildman–Crippen LogP) is 11.9. The zero-order chi connectivity index (χ0) is 32.3. The Morgan fingerprint density at radius 1 is 0.327 bits per heavy atom. The van der Waals surface area contributed by atoms with Gasteiger partial charge in [0.05, 0.1) is 0 Å². The third-order valence-electron chi connectivity index (χ3n) is 9.50. The van der Waals surface area contributed by atoms with Gasteiger partial charge in [-0.15, -0.1) is 0 Å². The molecule has 0 N–H and O–H groups in total. The molecular formula is C45H27N3O. The minimum atomic E-state index is 0.601. The van der Waals surface area contributed by atoms with E-state index in [4.69, 9.17) is 19.4 Å². The Morgan fingerprint density at radius 2 is 0.959 bits per heavy atom. The summed E-state index contributed by atoms with van der Waals surface area (Å²) in [5.74, 6) is 1.84. The molecule has 0 spiro atoms. The summed E-state index contributed by atoms with van der Waals surface area (Å²) >= 11 is 0. The van der Waals surface area contributed by atoms with E-state index in [1.54, 1.807) is 0 Å². The molecule has 0 fully saturated rings. The van der Waals surface area contributed by atoms with E-state index in [-0.39, 0.29) is 0 Å². The number of aromatic nitrogens is 3. The lowest BCUT2D eigenvalue weighted by atomic mass is 9.92. The van der Waals surface area contributed by atoms with E-state index in [2.05, 4.69) is 127 Å². The molecular weight excluding hydrogens is 599 g/mol. The summed E-state index contributed by atoms with van der Waals surface area (Å²) in [4.78, 5) is 15.8. The third-order valence-corrected chi connectivity index (χ3v) is 9.50. The van der Waals surface area contributed by atoms with Crippen molar-refractivity contribution >= 4 is 54.3 Å². The highest BCUT2D eigenvalue weighted by Crippen LogP contribution is 2.41. The van der Waals surface area contributed by atoms with Crippen LogP contribution in [-0.2, 0) is 0 Å². The largest absolute Gasteiger partial charge is 0.456 e. The Bertz CT molecular complexity index is 2890. The van der Waals surface area contributed by atoms with Gasteiger partial charge in [-0.25, -0.2) is 15.0 Å². The molecule has 4 nitrogen and oxygen atoms in total. The monoisotopic (exact) mass is 625 g/mol. The zero-order valence-corrected chi connectivity index (χ0v) is 26.3. The maximum atomic E-state index is 6.29. The lowest BCUT2D eigenvalue weighted by molar-refractivity contribution is 0.669. The van der Waals surface area contributed by atoms with Crippen LogP contribution in [-0.4, -0.2) is 15.0 Å². The lowest BCUT2D eigenvalue weighted by Gasteiger charge is -2.15. The Balaban J connectivity index is 1.31. The highest BCUT2D eigenvalue weighted by Gasteiger charge is 2.20. The first-order valence-electron chi connectivity index (χ1n) is 16.4. The van der Waals surface area contributed by atoms with Crippen molar-refractivity contribution in [3.05, 3.63) is 164 Å². The number of nitrogens with zero attached hydrogens (tertiary/aromatic N) is 3. The maximum absolute atomic E-state index is 6.29. The quantitative estimate of drug-likeness (QED) is 0.183. The summed E-state index contributed by atoms with van der Waals surface area (Å²) in [5.41, 5.74) is 6.68. The van der Waals surface area contributed by atoms with Gasteiger partial charge in [0, 0.05) is 32.8 Å². The lowest BCUT2D eigenvalue weighted by Crippen LogP contribution is -2.01. The predicted molar refractivity (Wildman–Crippen MR) is 201 cm³/mol. The Hall–Kier alpha value is -6.65. The SMILES string of the molecule is c1ccc(-c2cccc(-c3nc(-c4cccc5oc6ccccc6c45)nc(-c4cc5ccccc5c5ccc6ccccc6c45)n3)c2)cc1. The van der Waals surface area contributed by atoms with Gasteiger partial charge in [-0.3, -0.25) is 0 Å². The van der Waals surface area contributed by atoms with Crippen LogP contribution in [0.5, 0.6) is 0 Å². The van der Waals surface area contributed by atoms with E-state index in [0.717, 1.165) is 60.5 Å². The highest BCUT2D eigenvalue weighted by molar-refractivity contribution is 6.22. The molecule has 0 aliphatic carbocycles. The van der Waals surface area contributed by atoms with Crippen LogP contribution in [0, 0.1) is 0 Å². The van der Waals surface area contributed by atoms with Gasteiger partial charge in [0.2, 0.25) is 0 Å². The van der Waals surface area contributed by atoms with Crippen molar-refractivity contribution in [2.24, 2.45) is 0 Å². The van der Waals surface area contributed by atoms with Crippen molar-refractivity contribution in [2.45, 2.75) is 0 Å². The van der Waals surface area contributed by atoms with Gasteiger partial charge in [0.25, 0.3) is 0 Å². The van der Waals surface area contributed by atoms with Crippen LogP contribution in [0.25, 0.3) is 99.5 Å². The van der Waals surface area contributed by atoms with Crippen molar-refractivity contribution in [1.29, 1.82) is 0 Å². The number of para-hydroxylation sites is 1. The molecule has 2 heterocycles. The van der Waals surface area contributed by atoms with Crippen LogP contribution in [0.1, 0.15) is 0 Å². The van der Waals surface area contributed by atoms with E-state index >= 15 is 0 Å². The molecule has 10 aromatic rings. The number of benzene rings is 8. The second kappa shape index (κ2) is 11.0. The fourth-order valence-corrected chi connectivity index (χ4v) is 7.23. The van der Waals surface area contributed by atoms with Crippen molar-refractivity contribution < 1.29 is 4.42 Å². The first-order chi connectivity index (χ1) is 24.3. The average molecular weight is 626 g/mol. The average Bonchev–Trinajstić information content (AvgIpc) is 3.57. The number of hydrogen-bond acceptors (Lipinski definition) is 4. The number of fused-ring (bicyclic) bond motifs is 8. The van der Waals surface area contributed by atoms with Gasteiger partial charge >= 0.3 is 0 Å². The summed E-state index contributed by atoms with van der Waals surface area (Å²) < 4.78 is 6.29. The van der Waals surface area contributed by atoms with Gasteiger partial charge in [-0.2, -0.15) is 0 Å². The van der Waals surface area contributed by atoms with Crippen LogP contribution in [0.2, 0.25) is 0 Å². The van der Waals surface area contributed by atoms with Gasteiger partial charge in [-0.05, 0) is 62.3 Å². The fraction of sp³-hybridized carbons (Fsp3) is 0. The smallest absolute Gasteiger partial charge is 0.164 e. The van der Waals surface area contributed by atoms with Crippen molar-refractivity contribution in [1.82, 2.24) is 15.0 Å². The molecule has 0 amide bonds. The van der Waals surface area contributed by atoms with Crippen LogP contribution < -0.4 is 0 Å². The molecule has 8 aromatic carbocycles. The van der Waals surface area contributed by atoms with E-state index in [1.165, 1.54) is 21.5 Å². The summed E-state index contributed by atoms with van der Waals surface area (Å²) in [6.45, 7) is 0. The first-order valence-corrected chi connectivity index (χ1v) is 16.4. The normalized spacial score (nSPS) is 11.7. The molecule has 228 valence electrons. The second-order valence-electron chi connectivity index (χ2n) is 12.4. The van der Waals surface area contributed by atoms with Crippen LogP contribution in [0.3, 0.4) is 0 Å². The summed E-state index contributed by atoms with van der Waals surface area (Å²) in [6.07, 6.45) is 0. The molecule has 0 saturated carbocycles. The first kappa shape index (κ1) is 27.5. The third kappa shape index (κ3) is 4.49. The maximum Gasteiger partial charge on any atom is 0.164 e. The summed E-state index contributed by atoms with van der Waals surface area (Å²) in [7, 11) is 0. The van der Waals surface area contributed by atoms with Gasteiger partial charge in [-0.1, -0.05) is 140 Å². The fourth-order valence-electron chi connectivity index (χ4n) is 7.23. The van der Waals surface area contributed by atoms with Crippen LogP contribution in [0.4, 0.5) is 0 Å². The molecule has 4 heteroatoms. The molecule has 0 aliphatic rings. The minimum absolute atomic E-state index is 0.601. The highest BCUT2D eigenvalue weighted by atomic mass is 16.3. The molecule has 0 saturated heterocycles. The molecule has 0 bridgehead atoms. The van der Waals surface area contributed by atoms with Crippen molar-refractivity contribution in [3.8, 4) is 45.3 Å². The topological polar surface area (TPSA) is 51.8 Å². The summed E-state index contributed by atoms with van der Waals surface area (Å²) in [6, 6.07) is 56.9. The van der Waals surface area contributed by atoms with E-state index in [9.17, 15) is 0 Å². The standard InChI is InChI=1S/C45H27N3O/c1-2-12-28(13-3-1)30-16-10-17-32(26-30)43-46-44(37-21-11-23-40-42(37)36-20-8-9-22-39(36)49-40)48-45(47-43)38-27-31-15-5-6-18-33(31)35-25-24-29-14-4-7-19-34(29)41(35)38/h1-27H. The molecule has 49 heavy (non-hydrogen) atoms. The Morgan fingerprint density at radius 3 is 1.84 bits per heavy atom. The van der Waals surface area contributed by atoms with E-state index in [1.807, 2.05) is 36.4 Å². The number of rotatable bonds is 4. The van der Waals surface area contributed by atoms with Crippen LogP contribution >= 0.6 is 0 Å². The number of hydrogen-bond donors (Lipinski definition) is 0. The zero-order valence-electron chi connectivity index (χ0n) is 26.3. The molecule has 0 atom stereocenters. The van der Waals surface area contributed by atoms with E-state index in [0.29, 0.717) is 17.5 Å². The van der Waals surface area contributed by atoms with Gasteiger partial charge < -0.3 is 4.42 Å². The second-order valence-corrected chi connectivity index (χ2v) is 12.4. The van der Waals surface area contributed by atoms with Crippen molar-refractivity contribution in [2.75, 3.05) is 0 Å². The van der Waals surface area contributed by atoms with Crippen LogP contribution in [0.15, 0.2) is 168 Å². The Kier molecular flexibility index (Phi) is 6.15. The Labute approximate surface area is 282 Å². The number of furan rings is 1. The van der Waals surface area contributed by atoms with Crippen molar-refractivity contribution in [3.63, 3.8) is 0 Å². The molecule has 10 rings (SSSR count). The molecule has 0 aliphatic heterocycles. The van der Waals surface area contributed by atoms with E-state index < -0.39 is 0 Å². The molecule has 0 radical (unpaired) electrons. The minimum Gasteiger partial charge on any atom is -0.456 e. The van der Waals surface area contributed by atoms with Gasteiger partial charge in [0.15, 0.2) is 17.5 Å².